The number of benzene rings is 3. The van der Waals surface area contributed by atoms with E-state index in [1.807, 2.05) is 19.2 Å². The molecule has 1 aliphatic carbocycles. The molecular weight excluding hydrogens is 549 g/mol. The van der Waals surface area contributed by atoms with Gasteiger partial charge >= 0.3 is 242 Å². The summed E-state index contributed by atoms with van der Waals surface area (Å²) in [6.07, 6.45) is 3.73. The molecule has 0 aromatic heterocycles. The number of nitrogens with zero attached hydrogens (tertiary/aromatic N) is 1. The standard InChI is InChI=1S/C34H43NO3Se/c1-24-20-21-28-30(22-24)38-33(25-14-8-6-9-15-25)35(34(28,2)3)23-31(39-26-16-10-7-11-17-26)32(37-5)27-18-12-13-19-29(27)36-4/h6-19,24,28,30-33H,20-23H2,1-5H3/t24-,28-,30-,31+,32-,33+/m1/s1. The zero-order chi connectivity index (χ0) is 27.4. The van der Waals surface area contributed by atoms with Gasteiger partial charge in [-0.25, -0.2) is 0 Å². The molecule has 0 bridgehead atoms. The van der Waals surface area contributed by atoms with Gasteiger partial charge in [0.1, 0.15) is 0 Å². The third kappa shape index (κ3) is 6.14. The number of methoxy groups -OCH3 is 2. The molecule has 208 valence electrons. The summed E-state index contributed by atoms with van der Waals surface area (Å²) in [6, 6.07) is 30.0. The molecule has 3 aromatic rings. The van der Waals surface area contributed by atoms with E-state index in [1.165, 1.54) is 22.9 Å². The summed E-state index contributed by atoms with van der Waals surface area (Å²) in [5.41, 5.74) is 2.33. The van der Waals surface area contributed by atoms with E-state index in [2.05, 4.69) is 98.5 Å². The molecule has 2 aliphatic rings. The number of hydrogen-bond donors (Lipinski definition) is 0. The van der Waals surface area contributed by atoms with Gasteiger partial charge in [0.2, 0.25) is 0 Å². The van der Waals surface area contributed by atoms with Crippen molar-refractivity contribution < 1.29 is 14.2 Å². The second kappa shape index (κ2) is 12.6. The van der Waals surface area contributed by atoms with Crippen LogP contribution in [-0.2, 0) is 9.47 Å². The minimum atomic E-state index is -0.0994. The number of hydrogen-bond acceptors (Lipinski definition) is 4. The Morgan fingerprint density at radius 2 is 1.59 bits per heavy atom. The molecule has 2 fully saturated rings. The van der Waals surface area contributed by atoms with E-state index in [9.17, 15) is 0 Å². The first-order valence-corrected chi connectivity index (χ1v) is 16.1. The maximum atomic E-state index is 7.08. The molecule has 1 saturated heterocycles. The molecule has 0 radical (unpaired) electrons. The van der Waals surface area contributed by atoms with Crippen molar-refractivity contribution in [1.29, 1.82) is 0 Å². The molecule has 0 N–H and O–H groups in total. The molecule has 6 atom stereocenters. The third-order valence-corrected chi connectivity index (χ3v) is 11.4. The average Bonchev–Trinajstić information content (AvgIpc) is 2.95. The monoisotopic (exact) mass is 593 g/mol. The van der Waals surface area contributed by atoms with E-state index < -0.39 is 0 Å². The predicted octanol–water partition coefficient (Wildman–Crippen LogP) is 6.82. The van der Waals surface area contributed by atoms with Gasteiger partial charge in [-0.2, -0.15) is 0 Å². The molecular formula is C34H43NO3Se. The number of rotatable bonds is 9. The van der Waals surface area contributed by atoms with E-state index in [4.69, 9.17) is 14.2 Å². The SMILES string of the molecule is COc1ccccc1[C@@H](OC)[C@H](CN1[C@H](c2ccccc2)O[C@@H]2C[C@H](C)CC[C@H]2C1(C)C)[Se]c1ccccc1. The van der Waals surface area contributed by atoms with Gasteiger partial charge in [0.25, 0.3) is 0 Å². The van der Waals surface area contributed by atoms with Crippen molar-refractivity contribution in [1.82, 2.24) is 4.90 Å². The summed E-state index contributed by atoms with van der Waals surface area (Å²) >= 11 is 0.165. The molecule has 4 nitrogen and oxygen atoms in total. The van der Waals surface area contributed by atoms with Crippen LogP contribution in [0.3, 0.4) is 0 Å². The molecule has 3 aromatic carbocycles. The first-order valence-electron chi connectivity index (χ1n) is 14.3. The molecule has 0 spiro atoms. The fourth-order valence-corrected chi connectivity index (χ4v) is 9.38. The van der Waals surface area contributed by atoms with Gasteiger partial charge in [-0.1, -0.05) is 0 Å². The first-order chi connectivity index (χ1) is 18.9. The molecule has 39 heavy (non-hydrogen) atoms. The van der Waals surface area contributed by atoms with E-state index >= 15 is 0 Å². The van der Waals surface area contributed by atoms with Crippen LogP contribution in [0.1, 0.15) is 63.5 Å². The molecule has 0 unspecified atom stereocenters. The van der Waals surface area contributed by atoms with Gasteiger partial charge in [0.15, 0.2) is 0 Å². The first kappa shape index (κ1) is 28.4. The average molecular weight is 593 g/mol. The van der Waals surface area contributed by atoms with Crippen molar-refractivity contribution in [3.8, 4) is 5.75 Å². The third-order valence-electron chi connectivity index (χ3n) is 8.82. The van der Waals surface area contributed by atoms with E-state index in [-0.39, 0.29) is 43.7 Å². The van der Waals surface area contributed by atoms with E-state index in [0.717, 1.165) is 24.3 Å². The Morgan fingerprint density at radius 3 is 2.28 bits per heavy atom. The summed E-state index contributed by atoms with van der Waals surface area (Å²) in [5.74, 6) is 2.10. The Kier molecular flexibility index (Phi) is 9.16. The summed E-state index contributed by atoms with van der Waals surface area (Å²) in [6.45, 7) is 8.16. The summed E-state index contributed by atoms with van der Waals surface area (Å²) in [7, 11) is 3.59. The minimum absolute atomic E-state index is 0.0202. The molecule has 1 aliphatic heterocycles. The second-order valence-electron chi connectivity index (χ2n) is 11.6. The molecule has 1 heterocycles. The number of ether oxygens (including phenoxy) is 3. The van der Waals surface area contributed by atoms with Crippen molar-refractivity contribution in [2.24, 2.45) is 11.8 Å². The summed E-state index contributed by atoms with van der Waals surface area (Å²) < 4.78 is 20.6. The summed E-state index contributed by atoms with van der Waals surface area (Å²) in [5, 5.41) is 0. The van der Waals surface area contributed by atoms with Crippen LogP contribution in [-0.4, -0.2) is 52.3 Å². The summed E-state index contributed by atoms with van der Waals surface area (Å²) in [4.78, 5) is 2.91. The second-order valence-corrected chi connectivity index (χ2v) is 14.4. The molecule has 0 amide bonds. The van der Waals surface area contributed by atoms with E-state index in [1.54, 1.807) is 7.11 Å². The van der Waals surface area contributed by atoms with Crippen molar-refractivity contribution in [3.05, 3.63) is 96.1 Å². The molecule has 5 heteroatoms. The van der Waals surface area contributed by atoms with Gasteiger partial charge in [-0.05, 0) is 0 Å². The Bertz CT molecular complexity index is 1190. The van der Waals surface area contributed by atoms with Gasteiger partial charge < -0.3 is 0 Å². The maximum absolute atomic E-state index is 7.08. The molecule has 5 rings (SSSR count). The van der Waals surface area contributed by atoms with Gasteiger partial charge in [-0.15, -0.1) is 0 Å². The fourth-order valence-electron chi connectivity index (χ4n) is 6.69. The van der Waals surface area contributed by atoms with Gasteiger partial charge in [0, 0.05) is 0 Å². The van der Waals surface area contributed by atoms with Gasteiger partial charge in [0.05, 0.1) is 0 Å². The Labute approximate surface area is 241 Å². The van der Waals surface area contributed by atoms with Crippen LogP contribution in [0.25, 0.3) is 0 Å². The van der Waals surface area contributed by atoms with Crippen LogP contribution in [0.15, 0.2) is 84.9 Å². The Morgan fingerprint density at radius 1 is 0.923 bits per heavy atom. The topological polar surface area (TPSA) is 30.9 Å². The normalized spacial score (nSPS) is 26.4. The molecule has 1 saturated carbocycles. The van der Waals surface area contributed by atoms with Crippen LogP contribution < -0.4 is 9.20 Å². The van der Waals surface area contributed by atoms with Crippen molar-refractivity contribution in [2.45, 2.75) is 68.8 Å². The van der Waals surface area contributed by atoms with Crippen LogP contribution in [0, 0.1) is 11.8 Å². The Hall–Kier alpha value is -2.14. The zero-order valence-corrected chi connectivity index (χ0v) is 25.7. The number of para-hydroxylation sites is 1. The number of fused-ring (bicyclic) bond motifs is 1. The van der Waals surface area contributed by atoms with Crippen LogP contribution in [0.4, 0.5) is 0 Å². The predicted molar refractivity (Wildman–Crippen MR) is 160 cm³/mol. The van der Waals surface area contributed by atoms with Gasteiger partial charge in [-0.3, -0.25) is 0 Å². The quantitative estimate of drug-likeness (QED) is 0.256. The van der Waals surface area contributed by atoms with Crippen molar-refractivity contribution >= 4 is 19.4 Å². The Balaban J connectivity index is 1.56. The van der Waals surface area contributed by atoms with Crippen molar-refractivity contribution in [2.75, 3.05) is 20.8 Å². The zero-order valence-electron chi connectivity index (χ0n) is 24.0. The van der Waals surface area contributed by atoms with Crippen LogP contribution in [0.5, 0.6) is 5.75 Å². The van der Waals surface area contributed by atoms with Crippen LogP contribution >= 0.6 is 0 Å². The van der Waals surface area contributed by atoms with Crippen molar-refractivity contribution in [3.63, 3.8) is 0 Å². The fraction of sp³-hybridized carbons (Fsp3) is 0.471. The van der Waals surface area contributed by atoms with Crippen LogP contribution in [0.2, 0.25) is 4.82 Å². The van der Waals surface area contributed by atoms with E-state index in [0.29, 0.717) is 11.8 Å².